The van der Waals surface area contributed by atoms with Gasteiger partial charge in [-0.1, -0.05) is 37.3 Å². The van der Waals surface area contributed by atoms with Crippen LogP contribution in [0.2, 0.25) is 0 Å². The van der Waals surface area contributed by atoms with E-state index < -0.39 is 0 Å². The molecule has 1 aromatic rings. The average Bonchev–Trinajstić information content (AvgIpc) is 2.30. The van der Waals surface area contributed by atoms with Gasteiger partial charge in [-0.15, -0.1) is 6.42 Å². The van der Waals surface area contributed by atoms with Gasteiger partial charge in [0.05, 0.1) is 0 Å². The second kappa shape index (κ2) is 4.08. The number of terminal acetylenes is 1. The van der Waals surface area contributed by atoms with Gasteiger partial charge in [0.2, 0.25) is 0 Å². The molecule has 0 amide bonds. The van der Waals surface area contributed by atoms with Crippen LogP contribution in [-0.2, 0) is 5.54 Å². The van der Waals surface area contributed by atoms with Gasteiger partial charge in [-0.05, 0) is 30.5 Å². The van der Waals surface area contributed by atoms with Crippen LogP contribution in [0.4, 0.5) is 0 Å². The van der Waals surface area contributed by atoms with Crippen LogP contribution in [0, 0.1) is 12.3 Å². The van der Waals surface area contributed by atoms with E-state index in [9.17, 15) is 0 Å². The minimum absolute atomic E-state index is 0.134. The largest absolute Gasteiger partial charge is 0.321 e. The van der Waals surface area contributed by atoms with Crippen molar-refractivity contribution in [3.63, 3.8) is 0 Å². The third-order valence-corrected chi connectivity index (χ3v) is 3.35. The fourth-order valence-electron chi connectivity index (χ4n) is 2.39. The van der Waals surface area contributed by atoms with Crippen LogP contribution < -0.4 is 5.73 Å². The van der Waals surface area contributed by atoms with Crippen molar-refractivity contribution in [2.45, 2.75) is 37.6 Å². The highest BCUT2D eigenvalue weighted by atomic mass is 14.7. The first-order chi connectivity index (χ1) is 7.24. The fourth-order valence-corrected chi connectivity index (χ4v) is 2.39. The Morgan fingerprint density at radius 1 is 1.20 bits per heavy atom. The van der Waals surface area contributed by atoms with Gasteiger partial charge in [0.1, 0.15) is 0 Å². The van der Waals surface area contributed by atoms with E-state index in [0.29, 0.717) is 0 Å². The van der Waals surface area contributed by atoms with Crippen molar-refractivity contribution in [3.8, 4) is 12.3 Å². The smallest absolute Gasteiger partial charge is 0.0410 e. The summed E-state index contributed by atoms with van der Waals surface area (Å²) in [4.78, 5) is 0. The molecule has 0 unspecified atom stereocenters. The number of benzene rings is 1. The molecule has 0 bridgehead atoms. The molecule has 0 aliphatic heterocycles. The van der Waals surface area contributed by atoms with Crippen molar-refractivity contribution in [3.05, 3.63) is 35.4 Å². The maximum absolute atomic E-state index is 6.44. The highest BCUT2D eigenvalue weighted by Crippen LogP contribution is 2.34. The molecule has 78 valence electrons. The summed E-state index contributed by atoms with van der Waals surface area (Å²) in [5, 5.41) is 0. The summed E-state index contributed by atoms with van der Waals surface area (Å²) >= 11 is 0. The maximum atomic E-state index is 6.44. The van der Waals surface area contributed by atoms with E-state index in [1.54, 1.807) is 0 Å². The van der Waals surface area contributed by atoms with E-state index in [2.05, 4.69) is 18.1 Å². The van der Waals surface area contributed by atoms with Gasteiger partial charge in [-0.2, -0.15) is 0 Å². The van der Waals surface area contributed by atoms with Gasteiger partial charge in [-0.3, -0.25) is 0 Å². The van der Waals surface area contributed by atoms with Gasteiger partial charge in [0.15, 0.2) is 0 Å². The summed E-state index contributed by atoms with van der Waals surface area (Å²) in [5.74, 6) is 2.67. The topological polar surface area (TPSA) is 26.0 Å². The zero-order valence-electron chi connectivity index (χ0n) is 9.00. The maximum Gasteiger partial charge on any atom is 0.0410 e. The minimum Gasteiger partial charge on any atom is -0.321 e. The first-order valence-electron chi connectivity index (χ1n) is 5.61. The lowest BCUT2D eigenvalue weighted by atomic mass is 9.77. The third kappa shape index (κ3) is 2.06. The van der Waals surface area contributed by atoms with Gasteiger partial charge >= 0.3 is 0 Å². The molecule has 1 saturated carbocycles. The Labute approximate surface area is 91.7 Å². The van der Waals surface area contributed by atoms with Crippen molar-refractivity contribution < 1.29 is 0 Å². The van der Waals surface area contributed by atoms with Crippen LogP contribution in [0.5, 0.6) is 0 Å². The Hall–Kier alpha value is -1.26. The quantitative estimate of drug-likeness (QED) is 0.691. The van der Waals surface area contributed by atoms with Gasteiger partial charge in [-0.25, -0.2) is 0 Å². The Bertz CT molecular complexity index is 381. The normalized spacial score (nSPS) is 19.5. The Morgan fingerprint density at radius 3 is 2.60 bits per heavy atom. The van der Waals surface area contributed by atoms with Crippen LogP contribution in [0.1, 0.15) is 43.2 Å². The van der Waals surface area contributed by atoms with Gasteiger partial charge in [0, 0.05) is 11.1 Å². The molecular formula is C14H17N. The summed E-state index contributed by atoms with van der Waals surface area (Å²) < 4.78 is 0. The van der Waals surface area contributed by atoms with Crippen molar-refractivity contribution in [1.82, 2.24) is 0 Å². The van der Waals surface area contributed by atoms with Crippen LogP contribution in [0.3, 0.4) is 0 Å². The molecule has 0 heterocycles. The molecule has 15 heavy (non-hydrogen) atoms. The molecule has 1 aliphatic rings. The Balaban J connectivity index is 2.31. The molecule has 1 aromatic carbocycles. The fraction of sp³-hybridized carbons (Fsp3) is 0.429. The van der Waals surface area contributed by atoms with Crippen molar-refractivity contribution in [1.29, 1.82) is 0 Å². The van der Waals surface area contributed by atoms with Gasteiger partial charge < -0.3 is 5.73 Å². The van der Waals surface area contributed by atoms with Crippen LogP contribution in [-0.4, -0.2) is 0 Å². The molecule has 1 heteroatoms. The second-order valence-corrected chi connectivity index (χ2v) is 4.44. The van der Waals surface area contributed by atoms with E-state index in [0.717, 1.165) is 18.4 Å². The van der Waals surface area contributed by atoms with E-state index in [4.69, 9.17) is 12.2 Å². The minimum atomic E-state index is -0.134. The lowest BCUT2D eigenvalue weighted by Gasteiger charge is -2.34. The van der Waals surface area contributed by atoms with Crippen LogP contribution in [0.25, 0.3) is 0 Å². The predicted molar refractivity (Wildman–Crippen MR) is 63.3 cm³/mol. The molecule has 0 atom stereocenters. The molecule has 2 N–H and O–H groups in total. The molecule has 1 nitrogen and oxygen atoms in total. The third-order valence-electron chi connectivity index (χ3n) is 3.35. The average molecular weight is 199 g/mol. The lowest BCUT2D eigenvalue weighted by Crippen LogP contribution is -2.38. The number of rotatable bonds is 1. The molecule has 0 radical (unpaired) electrons. The molecule has 2 rings (SSSR count). The van der Waals surface area contributed by atoms with Crippen molar-refractivity contribution in [2.24, 2.45) is 5.73 Å². The van der Waals surface area contributed by atoms with Crippen LogP contribution in [0.15, 0.2) is 24.3 Å². The SMILES string of the molecule is C#Cc1cccc(C2(N)CCCCC2)c1. The highest BCUT2D eigenvalue weighted by molar-refractivity contribution is 5.38. The van der Waals surface area contributed by atoms with E-state index >= 15 is 0 Å². The Morgan fingerprint density at radius 2 is 1.93 bits per heavy atom. The van der Waals surface area contributed by atoms with Crippen LogP contribution >= 0.6 is 0 Å². The lowest BCUT2D eigenvalue weighted by molar-refractivity contribution is 0.302. The molecule has 0 spiro atoms. The first kappa shape index (κ1) is 10.3. The highest BCUT2D eigenvalue weighted by Gasteiger charge is 2.29. The number of hydrogen-bond acceptors (Lipinski definition) is 1. The molecule has 0 saturated heterocycles. The molecule has 1 fully saturated rings. The number of nitrogens with two attached hydrogens (primary N) is 1. The predicted octanol–water partition coefficient (Wildman–Crippen LogP) is 2.79. The molecule has 0 aromatic heterocycles. The summed E-state index contributed by atoms with van der Waals surface area (Å²) in [5.41, 5.74) is 8.44. The molecular weight excluding hydrogens is 182 g/mol. The van der Waals surface area contributed by atoms with E-state index in [-0.39, 0.29) is 5.54 Å². The first-order valence-corrected chi connectivity index (χ1v) is 5.61. The van der Waals surface area contributed by atoms with E-state index in [1.807, 2.05) is 12.1 Å². The van der Waals surface area contributed by atoms with Crippen molar-refractivity contribution in [2.75, 3.05) is 0 Å². The van der Waals surface area contributed by atoms with Gasteiger partial charge in [0.25, 0.3) is 0 Å². The summed E-state index contributed by atoms with van der Waals surface area (Å²) in [7, 11) is 0. The number of hydrogen-bond donors (Lipinski definition) is 1. The van der Waals surface area contributed by atoms with Crippen molar-refractivity contribution >= 4 is 0 Å². The monoisotopic (exact) mass is 199 g/mol. The standard InChI is InChI=1S/C14H17N/c1-2-12-7-6-8-13(11-12)14(15)9-4-3-5-10-14/h1,6-8,11H,3-5,9-10,15H2. The zero-order chi connectivity index (χ0) is 10.7. The Kier molecular flexibility index (Phi) is 2.79. The summed E-state index contributed by atoms with van der Waals surface area (Å²) in [6.45, 7) is 0. The summed E-state index contributed by atoms with van der Waals surface area (Å²) in [6.07, 6.45) is 11.3. The second-order valence-electron chi connectivity index (χ2n) is 4.44. The molecule has 1 aliphatic carbocycles. The van der Waals surface area contributed by atoms with E-state index in [1.165, 1.54) is 24.8 Å². The summed E-state index contributed by atoms with van der Waals surface area (Å²) in [6, 6.07) is 8.13. The zero-order valence-corrected chi connectivity index (χ0v) is 9.00.